The van der Waals surface area contributed by atoms with Crippen molar-refractivity contribution in [1.29, 1.82) is 0 Å². The van der Waals surface area contributed by atoms with E-state index in [1.54, 1.807) is 0 Å². The Kier molecular flexibility index (Phi) is 3.86. The Morgan fingerprint density at radius 2 is 2.15 bits per heavy atom. The van der Waals surface area contributed by atoms with Crippen LogP contribution in [0.3, 0.4) is 0 Å². The monoisotopic (exact) mass is 195 g/mol. The van der Waals surface area contributed by atoms with Gasteiger partial charge < -0.3 is 10.5 Å². The van der Waals surface area contributed by atoms with Crippen LogP contribution in [-0.4, -0.2) is 11.6 Å². The van der Waals surface area contributed by atoms with Gasteiger partial charge in [-0.25, -0.2) is 0 Å². The third-order valence-corrected chi connectivity index (χ3v) is 1.96. The van der Waals surface area contributed by atoms with Gasteiger partial charge in [0.05, 0.1) is 6.61 Å². The highest BCUT2D eigenvalue weighted by Gasteiger charge is 2.02. The summed E-state index contributed by atoms with van der Waals surface area (Å²) >= 11 is 4.92. The van der Waals surface area contributed by atoms with Crippen molar-refractivity contribution in [2.24, 2.45) is 5.73 Å². The van der Waals surface area contributed by atoms with E-state index in [2.05, 4.69) is 0 Å². The fourth-order valence-electron chi connectivity index (χ4n) is 1.10. The number of hydrogen-bond acceptors (Lipinski definition) is 2. The molecule has 0 saturated heterocycles. The van der Waals surface area contributed by atoms with Crippen LogP contribution in [0.5, 0.6) is 0 Å². The Morgan fingerprint density at radius 3 is 2.77 bits per heavy atom. The maximum absolute atomic E-state index is 5.56. The highest BCUT2D eigenvalue weighted by molar-refractivity contribution is 7.80. The molecular weight excluding hydrogens is 182 g/mol. The first kappa shape index (κ1) is 10.2. The van der Waals surface area contributed by atoms with Crippen molar-refractivity contribution < 1.29 is 4.74 Å². The smallest absolute Gasteiger partial charge is 0.104 e. The van der Waals surface area contributed by atoms with Crippen molar-refractivity contribution in [3.05, 3.63) is 35.4 Å². The molecule has 2 nitrogen and oxygen atoms in total. The van der Waals surface area contributed by atoms with Crippen LogP contribution < -0.4 is 5.73 Å². The van der Waals surface area contributed by atoms with E-state index < -0.39 is 0 Å². The Balaban J connectivity index is 2.84. The third kappa shape index (κ3) is 2.79. The summed E-state index contributed by atoms with van der Waals surface area (Å²) in [5, 5.41) is 0. The van der Waals surface area contributed by atoms with E-state index in [9.17, 15) is 0 Å². The standard InChI is InChI=1S/C10H13NOS/c1-2-12-7-8-5-3-4-6-9(8)10(11)13/h3-6H,2,7H2,1H3,(H2,11,13). The summed E-state index contributed by atoms with van der Waals surface area (Å²) in [6.45, 7) is 3.24. The minimum Gasteiger partial charge on any atom is -0.389 e. The summed E-state index contributed by atoms with van der Waals surface area (Å²) < 4.78 is 5.30. The summed E-state index contributed by atoms with van der Waals surface area (Å²) in [5.74, 6) is 0. The summed E-state index contributed by atoms with van der Waals surface area (Å²) in [7, 11) is 0. The summed E-state index contributed by atoms with van der Waals surface area (Å²) in [6.07, 6.45) is 0. The van der Waals surface area contributed by atoms with Crippen LogP contribution in [0.1, 0.15) is 18.1 Å². The second-order valence-corrected chi connectivity index (χ2v) is 3.10. The third-order valence-electron chi connectivity index (χ3n) is 1.74. The van der Waals surface area contributed by atoms with Crippen LogP contribution >= 0.6 is 12.2 Å². The lowest BCUT2D eigenvalue weighted by atomic mass is 10.1. The van der Waals surface area contributed by atoms with E-state index in [0.717, 1.165) is 11.1 Å². The normalized spacial score (nSPS) is 9.92. The lowest BCUT2D eigenvalue weighted by Gasteiger charge is -2.07. The van der Waals surface area contributed by atoms with Crippen molar-refractivity contribution in [3.8, 4) is 0 Å². The molecule has 0 heterocycles. The van der Waals surface area contributed by atoms with Crippen molar-refractivity contribution in [1.82, 2.24) is 0 Å². The second-order valence-electron chi connectivity index (χ2n) is 2.66. The molecule has 0 spiro atoms. The van der Waals surface area contributed by atoms with Gasteiger partial charge in [-0.3, -0.25) is 0 Å². The molecule has 0 aliphatic rings. The molecule has 0 aliphatic heterocycles. The molecule has 0 fully saturated rings. The fourth-order valence-corrected chi connectivity index (χ4v) is 1.30. The van der Waals surface area contributed by atoms with Crippen LogP contribution in [-0.2, 0) is 11.3 Å². The molecule has 1 aromatic carbocycles. The average molecular weight is 195 g/mol. The summed E-state index contributed by atoms with van der Waals surface area (Å²) in [6, 6.07) is 7.76. The summed E-state index contributed by atoms with van der Waals surface area (Å²) in [4.78, 5) is 0.426. The number of benzene rings is 1. The molecule has 0 unspecified atom stereocenters. The molecule has 2 N–H and O–H groups in total. The molecule has 0 aromatic heterocycles. The van der Waals surface area contributed by atoms with E-state index in [1.807, 2.05) is 31.2 Å². The van der Waals surface area contributed by atoms with Crippen molar-refractivity contribution in [2.45, 2.75) is 13.5 Å². The van der Waals surface area contributed by atoms with Gasteiger partial charge in [-0.2, -0.15) is 0 Å². The van der Waals surface area contributed by atoms with Crippen molar-refractivity contribution >= 4 is 17.2 Å². The Hall–Kier alpha value is -0.930. The van der Waals surface area contributed by atoms with Gasteiger partial charge in [-0.1, -0.05) is 36.5 Å². The quantitative estimate of drug-likeness (QED) is 0.745. The van der Waals surface area contributed by atoms with E-state index in [4.69, 9.17) is 22.7 Å². The van der Waals surface area contributed by atoms with Crippen LogP contribution in [0, 0.1) is 0 Å². The molecule has 0 saturated carbocycles. The van der Waals surface area contributed by atoms with E-state index in [-0.39, 0.29) is 0 Å². The molecule has 1 aromatic rings. The van der Waals surface area contributed by atoms with Crippen LogP contribution in [0.15, 0.2) is 24.3 Å². The van der Waals surface area contributed by atoms with Gasteiger partial charge in [-0.15, -0.1) is 0 Å². The van der Waals surface area contributed by atoms with Gasteiger partial charge in [0.25, 0.3) is 0 Å². The van der Waals surface area contributed by atoms with E-state index >= 15 is 0 Å². The van der Waals surface area contributed by atoms with Crippen LogP contribution in [0.25, 0.3) is 0 Å². The molecule has 13 heavy (non-hydrogen) atoms. The molecule has 0 amide bonds. The largest absolute Gasteiger partial charge is 0.389 e. The maximum atomic E-state index is 5.56. The fraction of sp³-hybridized carbons (Fsp3) is 0.300. The first-order chi connectivity index (χ1) is 6.25. The number of hydrogen-bond donors (Lipinski definition) is 1. The zero-order valence-electron chi connectivity index (χ0n) is 7.62. The number of nitrogens with two attached hydrogens (primary N) is 1. The Labute approximate surface area is 83.7 Å². The van der Waals surface area contributed by atoms with Gasteiger partial charge >= 0.3 is 0 Å². The highest BCUT2D eigenvalue weighted by Crippen LogP contribution is 2.09. The predicted octanol–water partition coefficient (Wildman–Crippen LogP) is 1.86. The van der Waals surface area contributed by atoms with Gasteiger partial charge in [0.2, 0.25) is 0 Å². The maximum Gasteiger partial charge on any atom is 0.104 e. The molecule has 1 rings (SSSR count). The molecule has 0 bridgehead atoms. The SMILES string of the molecule is CCOCc1ccccc1C(N)=S. The van der Waals surface area contributed by atoms with Crippen LogP contribution in [0.2, 0.25) is 0 Å². The van der Waals surface area contributed by atoms with Crippen molar-refractivity contribution in [3.63, 3.8) is 0 Å². The minimum absolute atomic E-state index is 0.426. The van der Waals surface area contributed by atoms with Gasteiger partial charge in [-0.05, 0) is 12.5 Å². The van der Waals surface area contributed by atoms with Gasteiger partial charge in [0.15, 0.2) is 0 Å². The van der Waals surface area contributed by atoms with Crippen molar-refractivity contribution in [2.75, 3.05) is 6.61 Å². The molecule has 70 valence electrons. The molecular formula is C10H13NOS. The lowest BCUT2D eigenvalue weighted by molar-refractivity contribution is 0.134. The Morgan fingerprint density at radius 1 is 1.46 bits per heavy atom. The molecule has 0 radical (unpaired) electrons. The number of ether oxygens (including phenoxy) is 1. The zero-order chi connectivity index (χ0) is 9.68. The first-order valence-corrected chi connectivity index (χ1v) is 4.62. The first-order valence-electron chi connectivity index (χ1n) is 4.21. The number of rotatable bonds is 4. The average Bonchev–Trinajstić information content (AvgIpc) is 2.15. The van der Waals surface area contributed by atoms with Crippen LogP contribution in [0.4, 0.5) is 0 Å². The van der Waals surface area contributed by atoms with E-state index in [0.29, 0.717) is 18.2 Å². The number of thiocarbonyl (C=S) groups is 1. The van der Waals surface area contributed by atoms with E-state index in [1.165, 1.54) is 0 Å². The lowest BCUT2D eigenvalue weighted by Crippen LogP contribution is -2.12. The zero-order valence-corrected chi connectivity index (χ0v) is 8.43. The Bertz CT molecular complexity index is 299. The molecule has 3 heteroatoms. The highest BCUT2D eigenvalue weighted by atomic mass is 32.1. The summed E-state index contributed by atoms with van der Waals surface area (Å²) in [5.41, 5.74) is 7.52. The minimum atomic E-state index is 0.426. The topological polar surface area (TPSA) is 35.2 Å². The second kappa shape index (κ2) is 4.94. The predicted molar refractivity (Wildman–Crippen MR) is 57.7 cm³/mol. The van der Waals surface area contributed by atoms with Gasteiger partial charge in [0, 0.05) is 12.2 Å². The van der Waals surface area contributed by atoms with Gasteiger partial charge in [0.1, 0.15) is 4.99 Å². The molecule has 0 aliphatic carbocycles. The molecule has 0 atom stereocenters.